The molecule has 0 saturated carbocycles. The summed E-state index contributed by atoms with van der Waals surface area (Å²) >= 11 is 3.33. The third-order valence-electron chi connectivity index (χ3n) is 3.64. The van der Waals surface area contributed by atoms with E-state index in [1.165, 1.54) is 6.07 Å². The van der Waals surface area contributed by atoms with Crippen LogP contribution >= 0.6 is 15.9 Å². The molecular formula is C16H14BrFN2O. The molecule has 0 aliphatic carbocycles. The molecular weight excluding hydrogens is 335 g/mol. The number of anilines is 2. The summed E-state index contributed by atoms with van der Waals surface area (Å²) in [6.45, 7) is 0.223. The highest BCUT2D eigenvalue weighted by Gasteiger charge is 2.25. The lowest BCUT2D eigenvalue weighted by Gasteiger charge is -2.30. The largest absolute Gasteiger partial charge is 0.399 e. The van der Waals surface area contributed by atoms with Crippen LogP contribution in [0.25, 0.3) is 0 Å². The van der Waals surface area contributed by atoms with Gasteiger partial charge in [-0.3, -0.25) is 4.79 Å². The second kappa shape index (κ2) is 5.48. The predicted molar refractivity (Wildman–Crippen MR) is 84.5 cm³/mol. The van der Waals surface area contributed by atoms with Crippen LogP contribution in [-0.2, 0) is 17.8 Å². The Morgan fingerprint density at radius 2 is 2.00 bits per heavy atom. The molecule has 0 aromatic heterocycles. The van der Waals surface area contributed by atoms with Gasteiger partial charge in [-0.1, -0.05) is 15.9 Å². The number of rotatable bonds is 2. The molecule has 3 rings (SSSR count). The van der Waals surface area contributed by atoms with Gasteiger partial charge in [0.15, 0.2) is 0 Å². The summed E-state index contributed by atoms with van der Waals surface area (Å²) in [6, 6.07) is 10.2. The first-order valence-electron chi connectivity index (χ1n) is 6.67. The summed E-state index contributed by atoms with van der Waals surface area (Å²) in [7, 11) is 0. The molecule has 3 nitrogen and oxygen atoms in total. The fourth-order valence-electron chi connectivity index (χ4n) is 2.59. The van der Waals surface area contributed by atoms with E-state index < -0.39 is 0 Å². The van der Waals surface area contributed by atoms with Crippen LogP contribution < -0.4 is 10.6 Å². The van der Waals surface area contributed by atoms with Gasteiger partial charge in [-0.2, -0.15) is 0 Å². The Morgan fingerprint density at radius 3 is 2.81 bits per heavy atom. The molecule has 0 radical (unpaired) electrons. The molecule has 0 saturated heterocycles. The highest BCUT2D eigenvalue weighted by molar-refractivity contribution is 9.10. The minimum atomic E-state index is -0.312. The van der Waals surface area contributed by atoms with Gasteiger partial charge < -0.3 is 10.6 Å². The van der Waals surface area contributed by atoms with Crippen LogP contribution in [-0.4, -0.2) is 5.91 Å². The number of fused-ring (bicyclic) bond motifs is 1. The number of nitrogen functional groups attached to an aromatic ring is 1. The van der Waals surface area contributed by atoms with E-state index in [1.807, 2.05) is 12.1 Å². The first-order valence-corrected chi connectivity index (χ1v) is 7.46. The minimum Gasteiger partial charge on any atom is -0.399 e. The molecule has 2 aromatic rings. The van der Waals surface area contributed by atoms with E-state index in [4.69, 9.17) is 5.73 Å². The van der Waals surface area contributed by atoms with Crippen molar-refractivity contribution in [2.45, 2.75) is 19.4 Å². The van der Waals surface area contributed by atoms with Crippen molar-refractivity contribution in [3.63, 3.8) is 0 Å². The molecule has 0 fully saturated rings. The number of hydrogen-bond acceptors (Lipinski definition) is 2. The van der Waals surface area contributed by atoms with Gasteiger partial charge in [0.25, 0.3) is 0 Å². The summed E-state index contributed by atoms with van der Waals surface area (Å²) in [4.78, 5) is 13.8. The lowest BCUT2D eigenvalue weighted by molar-refractivity contribution is -0.119. The summed E-state index contributed by atoms with van der Waals surface area (Å²) in [5.41, 5.74) is 8.81. The van der Waals surface area contributed by atoms with Gasteiger partial charge in [0.1, 0.15) is 5.82 Å². The van der Waals surface area contributed by atoms with Crippen LogP contribution in [0.15, 0.2) is 40.9 Å². The van der Waals surface area contributed by atoms with E-state index in [9.17, 15) is 9.18 Å². The Bertz CT molecular complexity index is 717. The summed E-state index contributed by atoms with van der Waals surface area (Å²) in [5.74, 6) is -0.305. The molecule has 1 aliphatic heterocycles. The quantitative estimate of drug-likeness (QED) is 0.842. The number of nitrogens with two attached hydrogens (primary N) is 1. The Morgan fingerprint density at radius 1 is 1.19 bits per heavy atom. The fraction of sp³-hybridized carbons (Fsp3) is 0.188. The second-order valence-electron chi connectivity index (χ2n) is 5.10. The summed E-state index contributed by atoms with van der Waals surface area (Å²) in [6.07, 6.45) is 1.10. The number of aryl methyl sites for hydroxylation is 1. The first-order chi connectivity index (χ1) is 10.0. The number of carbonyl (C=O) groups excluding carboxylic acids is 1. The highest BCUT2D eigenvalue weighted by atomic mass is 79.9. The first kappa shape index (κ1) is 14.1. The standard InChI is InChI=1S/C16H14BrFN2O/c17-12-2-4-14(18)11(7-12)9-20-15-5-3-13(19)8-10(15)1-6-16(20)21/h2-5,7-8H,1,6,9,19H2. The van der Waals surface area contributed by atoms with Crippen molar-refractivity contribution < 1.29 is 9.18 Å². The molecule has 0 unspecified atom stereocenters. The molecule has 0 bridgehead atoms. The van der Waals surface area contributed by atoms with Crippen LogP contribution in [0, 0.1) is 5.82 Å². The van der Waals surface area contributed by atoms with Crippen molar-refractivity contribution in [1.82, 2.24) is 0 Å². The van der Waals surface area contributed by atoms with Crippen LogP contribution in [0.5, 0.6) is 0 Å². The maximum absolute atomic E-state index is 13.9. The topological polar surface area (TPSA) is 46.3 Å². The van der Waals surface area contributed by atoms with Crippen molar-refractivity contribution in [3.8, 4) is 0 Å². The third kappa shape index (κ3) is 2.78. The number of amides is 1. The molecule has 2 N–H and O–H groups in total. The zero-order chi connectivity index (χ0) is 15.0. The second-order valence-corrected chi connectivity index (χ2v) is 6.02. The van der Waals surface area contributed by atoms with E-state index in [0.29, 0.717) is 24.1 Å². The van der Waals surface area contributed by atoms with Crippen LogP contribution in [0.4, 0.5) is 15.8 Å². The molecule has 21 heavy (non-hydrogen) atoms. The number of benzene rings is 2. The van der Waals surface area contributed by atoms with Gasteiger partial charge in [-0.15, -0.1) is 0 Å². The van der Waals surface area contributed by atoms with Crippen molar-refractivity contribution in [3.05, 3.63) is 57.8 Å². The van der Waals surface area contributed by atoms with E-state index >= 15 is 0 Å². The Hall–Kier alpha value is -1.88. The van der Waals surface area contributed by atoms with Crippen molar-refractivity contribution in [2.24, 2.45) is 0 Å². The SMILES string of the molecule is Nc1ccc2c(c1)CCC(=O)N2Cc1cc(Br)ccc1F. The van der Waals surface area contributed by atoms with Gasteiger partial charge in [0.2, 0.25) is 5.91 Å². The molecule has 0 spiro atoms. The molecule has 1 amide bonds. The lowest BCUT2D eigenvalue weighted by atomic mass is 9.99. The van der Waals surface area contributed by atoms with E-state index in [0.717, 1.165) is 15.7 Å². The molecule has 1 heterocycles. The molecule has 5 heteroatoms. The van der Waals surface area contributed by atoms with Gasteiger partial charge in [-0.25, -0.2) is 4.39 Å². The van der Waals surface area contributed by atoms with Crippen molar-refractivity contribution in [2.75, 3.05) is 10.6 Å². The highest BCUT2D eigenvalue weighted by Crippen LogP contribution is 2.31. The van der Waals surface area contributed by atoms with Gasteiger partial charge in [0.05, 0.1) is 6.54 Å². The number of hydrogen-bond donors (Lipinski definition) is 1. The average Bonchev–Trinajstić information content (AvgIpc) is 2.45. The lowest BCUT2D eigenvalue weighted by Crippen LogP contribution is -2.34. The smallest absolute Gasteiger partial charge is 0.227 e. The predicted octanol–water partition coefficient (Wildman–Crippen LogP) is 3.65. The zero-order valence-electron chi connectivity index (χ0n) is 11.3. The zero-order valence-corrected chi connectivity index (χ0v) is 12.9. The van der Waals surface area contributed by atoms with Crippen molar-refractivity contribution >= 4 is 33.2 Å². The third-order valence-corrected chi connectivity index (χ3v) is 4.13. The number of halogens is 2. The fourth-order valence-corrected chi connectivity index (χ4v) is 3.00. The van der Waals surface area contributed by atoms with E-state index in [2.05, 4.69) is 15.9 Å². The van der Waals surface area contributed by atoms with Crippen LogP contribution in [0.2, 0.25) is 0 Å². The molecule has 108 valence electrons. The Balaban J connectivity index is 1.98. The van der Waals surface area contributed by atoms with Crippen LogP contribution in [0.3, 0.4) is 0 Å². The summed E-state index contributed by atoms with van der Waals surface area (Å²) < 4.78 is 14.7. The number of nitrogens with zero attached hydrogens (tertiary/aromatic N) is 1. The molecule has 0 atom stereocenters. The van der Waals surface area contributed by atoms with Gasteiger partial charge in [-0.05, 0) is 48.4 Å². The monoisotopic (exact) mass is 348 g/mol. The van der Waals surface area contributed by atoms with E-state index in [-0.39, 0.29) is 18.3 Å². The van der Waals surface area contributed by atoms with Crippen molar-refractivity contribution in [1.29, 1.82) is 0 Å². The van der Waals surface area contributed by atoms with Crippen LogP contribution in [0.1, 0.15) is 17.5 Å². The Kier molecular flexibility index (Phi) is 3.68. The van der Waals surface area contributed by atoms with Gasteiger partial charge >= 0.3 is 0 Å². The maximum Gasteiger partial charge on any atom is 0.227 e. The van der Waals surface area contributed by atoms with Gasteiger partial charge in [0, 0.05) is 27.8 Å². The maximum atomic E-state index is 13.9. The molecule has 2 aromatic carbocycles. The number of carbonyl (C=O) groups is 1. The molecule has 1 aliphatic rings. The average molecular weight is 349 g/mol. The normalized spacial score (nSPS) is 14.2. The van der Waals surface area contributed by atoms with E-state index in [1.54, 1.807) is 23.1 Å². The minimum absolute atomic E-state index is 0.00615. The summed E-state index contributed by atoms with van der Waals surface area (Å²) in [5, 5.41) is 0. The Labute approximate surface area is 130 Å².